The molecule has 0 atom stereocenters. The van der Waals surface area contributed by atoms with Gasteiger partial charge in [-0.3, -0.25) is 10.1 Å². The average molecular weight is 371 g/mol. The molecule has 9 heteroatoms. The SMILES string of the molecule is CCOC(=O)c1cccc(Nc2ncnc(N3CCCCC3)c2[N+](=O)[O-])c1. The highest BCUT2D eigenvalue weighted by Crippen LogP contribution is 2.34. The number of piperidine rings is 1. The number of ether oxygens (including phenoxy) is 1. The summed E-state index contributed by atoms with van der Waals surface area (Å²) in [5, 5.41) is 14.7. The number of carbonyl (C=O) groups is 1. The van der Waals surface area contributed by atoms with Crippen molar-refractivity contribution in [3.63, 3.8) is 0 Å². The van der Waals surface area contributed by atoms with Gasteiger partial charge in [0.1, 0.15) is 6.33 Å². The van der Waals surface area contributed by atoms with Crippen molar-refractivity contribution in [1.29, 1.82) is 0 Å². The molecule has 1 aliphatic heterocycles. The molecule has 142 valence electrons. The van der Waals surface area contributed by atoms with Crippen LogP contribution in [0.5, 0.6) is 0 Å². The number of anilines is 3. The Morgan fingerprint density at radius 2 is 2.07 bits per heavy atom. The van der Waals surface area contributed by atoms with Crippen molar-refractivity contribution in [2.45, 2.75) is 26.2 Å². The van der Waals surface area contributed by atoms with Gasteiger partial charge in [-0.2, -0.15) is 0 Å². The number of benzene rings is 1. The van der Waals surface area contributed by atoms with Crippen LogP contribution in [0.1, 0.15) is 36.5 Å². The topological polar surface area (TPSA) is 110 Å². The lowest BCUT2D eigenvalue weighted by Crippen LogP contribution is -2.31. The maximum Gasteiger partial charge on any atom is 0.353 e. The van der Waals surface area contributed by atoms with E-state index in [4.69, 9.17) is 4.74 Å². The summed E-state index contributed by atoms with van der Waals surface area (Å²) in [7, 11) is 0. The zero-order chi connectivity index (χ0) is 19.2. The lowest BCUT2D eigenvalue weighted by molar-refractivity contribution is -0.383. The monoisotopic (exact) mass is 371 g/mol. The predicted molar refractivity (Wildman–Crippen MR) is 100 cm³/mol. The molecule has 0 radical (unpaired) electrons. The van der Waals surface area contributed by atoms with Crippen LogP contribution in [0.15, 0.2) is 30.6 Å². The zero-order valence-corrected chi connectivity index (χ0v) is 15.1. The molecule has 0 amide bonds. The minimum atomic E-state index is -0.471. The van der Waals surface area contributed by atoms with Crippen LogP contribution >= 0.6 is 0 Å². The van der Waals surface area contributed by atoms with Gasteiger partial charge in [0, 0.05) is 18.8 Å². The van der Waals surface area contributed by atoms with Gasteiger partial charge in [0.25, 0.3) is 0 Å². The Bertz CT molecular complexity index is 836. The molecule has 1 aromatic heterocycles. The predicted octanol–water partition coefficient (Wildman–Crippen LogP) is 3.30. The number of rotatable bonds is 6. The molecule has 2 aromatic rings. The normalized spacial score (nSPS) is 13.9. The first kappa shape index (κ1) is 18.6. The molecule has 0 bridgehead atoms. The molecule has 2 heterocycles. The fraction of sp³-hybridized carbons (Fsp3) is 0.389. The van der Waals surface area contributed by atoms with Gasteiger partial charge in [0.05, 0.1) is 17.1 Å². The summed E-state index contributed by atoms with van der Waals surface area (Å²) in [5.41, 5.74) is 0.697. The Hall–Kier alpha value is -3.23. The number of nitro groups is 1. The van der Waals surface area contributed by atoms with Crippen molar-refractivity contribution < 1.29 is 14.5 Å². The fourth-order valence-electron chi connectivity index (χ4n) is 3.04. The highest BCUT2D eigenvalue weighted by Gasteiger charge is 2.28. The zero-order valence-electron chi connectivity index (χ0n) is 15.1. The van der Waals surface area contributed by atoms with Crippen LogP contribution in [-0.2, 0) is 4.74 Å². The number of nitrogens with one attached hydrogen (secondary N) is 1. The first-order chi connectivity index (χ1) is 13.1. The summed E-state index contributed by atoms with van der Waals surface area (Å²) in [6.45, 7) is 3.46. The molecular weight excluding hydrogens is 350 g/mol. The van der Waals surface area contributed by atoms with Crippen molar-refractivity contribution in [3.8, 4) is 0 Å². The molecule has 0 unspecified atom stereocenters. The van der Waals surface area contributed by atoms with Gasteiger partial charge in [-0.05, 0) is 44.4 Å². The average Bonchev–Trinajstić information content (AvgIpc) is 2.68. The third-order valence-corrected chi connectivity index (χ3v) is 4.28. The molecule has 3 rings (SSSR count). The van der Waals surface area contributed by atoms with Crippen LogP contribution in [-0.4, -0.2) is 40.6 Å². The van der Waals surface area contributed by atoms with E-state index < -0.39 is 10.9 Å². The number of aromatic nitrogens is 2. The van der Waals surface area contributed by atoms with Crippen molar-refractivity contribution in [2.75, 3.05) is 29.9 Å². The van der Waals surface area contributed by atoms with Gasteiger partial charge in [0.15, 0.2) is 0 Å². The Morgan fingerprint density at radius 3 is 2.78 bits per heavy atom. The fourth-order valence-corrected chi connectivity index (χ4v) is 3.04. The molecule has 0 saturated carbocycles. The first-order valence-corrected chi connectivity index (χ1v) is 8.88. The minimum absolute atomic E-state index is 0.0941. The van der Waals surface area contributed by atoms with E-state index in [1.807, 2.05) is 4.90 Å². The van der Waals surface area contributed by atoms with Crippen LogP contribution in [0.4, 0.5) is 23.0 Å². The summed E-state index contributed by atoms with van der Waals surface area (Å²) in [4.78, 5) is 33.3. The largest absolute Gasteiger partial charge is 0.462 e. The van der Waals surface area contributed by atoms with Crippen molar-refractivity contribution in [3.05, 3.63) is 46.3 Å². The van der Waals surface area contributed by atoms with Crippen LogP contribution in [0.3, 0.4) is 0 Å². The van der Waals surface area contributed by atoms with E-state index in [-0.39, 0.29) is 18.1 Å². The number of hydrogen-bond acceptors (Lipinski definition) is 8. The lowest BCUT2D eigenvalue weighted by Gasteiger charge is -2.27. The standard InChI is InChI=1S/C18H21N5O4/c1-2-27-18(24)13-7-6-8-14(11-13)21-16-15(23(25)26)17(20-12-19-16)22-9-4-3-5-10-22/h6-8,11-12H,2-5,9-10H2,1H3,(H,19,20,21). The van der Waals surface area contributed by atoms with Crippen LogP contribution in [0, 0.1) is 10.1 Å². The summed E-state index contributed by atoms with van der Waals surface area (Å²) in [5.74, 6) is -0.0392. The number of carbonyl (C=O) groups excluding carboxylic acids is 1. The number of esters is 1. The lowest BCUT2D eigenvalue weighted by atomic mass is 10.1. The van der Waals surface area contributed by atoms with E-state index in [1.54, 1.807) is 31.2 Å². The molecule has 1 N–H and O–H groups in total. The summed E-state index contributed by atoms with van der Waals surface area (Å²) in [6.07, 6.45) is 4.38. The van der Waals surface area contributed by atoms with Crippen LogP contribution < -0.4 is 10.2 Å². The first-order valence-electron chi connectivity index (χ1n) is 8.88. The Morgan fingerprint density at radius 1 is 1.30 bits per heavy atom. The van der Waals surface area contributed by atoms with E-state index in [1.165, 1.54) is 6.33 Å². The maximum atomic E-state index is 11.9. The third kappa shape index (κ3) is 4.30. The van der Waals surface area contributed by atoms with Gasteiger partial charge in [-0.1, -0.05) is 6.07 Å². The molecule has 0 aliphatic carbocycles. The van der Waals surface area contributed by atoms with E-state index in [2.05, 4.69) is 15.3 Å². The van der Waals surface area contributed by atoms with Crippen molar-refractivity contribution >= 4 is 29.0 Å². The van der Waals surface area contributed by atoms with Gasteiger partial charge in [-0.15, -0.1) is 0 Å². The number of nitrogens with zero attached hydrogens (tertiary/aromatic N) is 4. The van der Waals surface area contributed by atoms with Gasteiger partial charge in [-0.25, -0.2) is 14.8 Å². The van der Waals surface area contributed by atoms with E-state index in [9.17, 15) is 14.9 Å². The third-order valence-electron chi connectivity index (χ3n) is 4.28. The second kappa shape index (κ2) is 8.43. The quantitative estimate of drug-likeness (QED) is 0.468. The highest BCUT2D eigenvalue weighted by atomic mass is 16.6. The smallest absolute Gasteiger partial charge is 0.353 e. The van der Waals surface area contributed by atoms with E-state index in [0.717, 1.165) is 32.4 Å². The van der Waals surface area contributed by atoms with E-state index >= 15 is 0 Å². The van der Waals surface area contributed by atoms with Crippen molar-refractivity contribution in [2.24, 2.45) is 0 Å². The van der Waals surface area contributed by atoms with E-state index in [0.29, 0.717) is 17.1 Å². The van der Waals surface area contributed by atoms with Crippen molar-refractivity contribution in [1.82, 2.24) is 9.97 Å². The van der Waals surface area contributed by atoms with Gasteiger partial charge < -0.3 is 15.0 Å². The Labute approximate surface area is 156 Å². The maximum absolute atomic E-state index is 11.9. The molecule has 1 fully saturated rings. The van der Waals surface area contributed by atoms with Gasteiger partial charge in [0.2, 0.25) is 11.6 Å². The second-order valence-electron chi connectivity index (χ2n) is 6.13. The van der Waals surface area contributed by atoms with Crippen LogP contribution in [0.2, 0.25) is 0 Å². The second-order valence-corrected chi connectivity index (χ2v) is 6.13. The van der Waals surface area contributed by atoms with Crippen LogP contribution in [0.25, 0.3) is 0 Å². The number of hydrogen-bond donors (Lipinski definition) is 1. The summed E-state index contributed by atoms with van der Waals surface area (Å²) >= 11 is 0. The molecule has 1 aliphatic rings. The summed E-state index contributed by atoms with van der Waals surface area (Å²) in [6, 6.07) is 6.57. The Balaban J connectivity index is 1.92. The molecule has 0 spiro atoms. The molecule has 9 nitrogen and oxygen atoms in total. The molecule has 27 heavy (non-hydrogen) atoms. The van der Waals surface area contributed by atoms with Gasteiger partial charge >= 0.3 is 11.7 Å². The molecule has 1 aromatic carbocycles. The minimum Gasteiger partial charge on any atom is -0.462 e. The summed E-state index contributed by atoms with van der Waals surface area (Å²) < 4.78 is 4.99. The molecular formula is C18H21N5O4. The Kier molecular flexibility index (Phi) is 5.80. The highest BCUT2D eigenvalue weighted by molar-refractivity contribution is 5.91. The molecule has 1 saturated heterocycles.